The van der Waals surface area contributed by atoms with Crippen LogP contribution < -0.4 is 37.2 Å². The highest BCUT2D eigenvalue weighted by Crippen LogP contribution is 2.22. The molecule has 0 aromatic carbocycles. The Balaban J connectivity index is 3.24. The van der Waals surface area contributed by atoms with Gasteiger partial charge in [-0.3, -0.25) is 33.6 Å². The van der Waals surface area contributed by atoms with Gasteiger partial charge in [0.25, 0.3) is 0 Å². The van der Waals surface area contributed by atoms with Crippen LogP contribution in [0, 0.1) is 35.5 Å². The van der Waals surface area contributed by atoms with E-state index in [2.05, 4.69) is 37.2 Å². The molecule has 0 aliphatic carbocycles. The molecule has 7 atom stereocenters. The lowest BCUT2D eigenvalue weighted by Gasteiger charge is -2.34. The summed E-state index contributed by atoms with van der Waals surface area (Å²) in [6.45, 7) is 29.7. The third-order valence-corrected chi connectivity index (χ3v) is 11.0. The molecule has 378 valence electrons. The van der Waals surface area contributed by atoms with Crippen molar-refractivity contribution in [2.24, 2.45) is 35.5 Å². The fourth-order valence-electron chi connectivity index (χ4n) is 7.33. The summed E-state index contributed by atoms with van der Waals surface area (Å²) in [6.07, 6.45) is 0.448. The summed E-state index contributed by atoms with van der Waals surface area (Å²) in [5.74, 6) is -6.48. The molecule has 1 fully saturated rings. The summed E-state index contributed by atoms with van der Waals surface area (Å²) in [5, 5.41) is 19.1. The first-order valence-electron chi connectivity index (χ1n) is 23.5. The molecule has 0 radical (unpaired) electrons. The van der Waals surface area contributed by atoms with E-state index < -0.39 is 125 Å². The molecule has 19 heteroatoms. The van der Waals surface area contributed by atoms with Crippen LogP contribution in [0.2, 0.25) is 0 Å². The van der Waals surface area contributed by atoms with Crippen LogP contribution in [0.4, 0.5) is 4.79 Å². The SMILES string of the molecule is COC(=O)[C@@H](NC(=O)[C@@H](NC(=O)[C@H](CC(C)C)NC(=O)C(C)(C)NC(=O)[C@H]1CCCN1C(=O)[C@@H](NC(=O)[C@@H](NC(=O)[C@H](CC(C)C)NC(=O)OC(C)(C)C)C(C)C)C(C)C)C(C)C)C(C)C. The Morgan fingerprint density at radius 1 is 0.561 bits per heavy atom. The Kier molecular flexibility index (Phi) is 23.1. The highest BCUT2D eigenvalue weighted by molar-refractivity contribution is 5.99. The number of alkyl carbamates (subject to hydrolysis) is 1. The first-order valence-corrected chi connectivity index (χ1v) is 23.5. The van der Waals surface area contributed by atoms with E-state index in [1.54, 1.807) is 76.2 Å². The van der Waals surface area contributed by atoms with Gasteiger partial charge < -0.3 is 51.6 Å². The summed E-state index contributed by atoms with van der Waals surface area (Å²) in [4.78, 5) is 123. The number of likely N-dealkylation sites (tertiary alicyclic amines) is 1. The minimum atomic E-state index is -1.58. The lowest BCUT2D eigenvalue weighted by Crippen LogP contribution is -2.63. The standard InChI is InChI=1S/C47H84N8O11/c1-24(2)22-30(37(56)50-34(27(7)8)41(60)53-36(29(11)12)43(62)65-18)48-44(63)47(16,17)54-39(58)32-20-19-21-55(32)42(61)35(28(9)10)52-40(59)33(26(5)6)51-38(57)31(23-25(3)4)49-45(64)66-46(13,14)15/h24-36H,19-23H2,1-18H3,(H,48,63)(H,49,64)(H,50,56)(H,51,57)(H,52,59)(H,53,60)(H,54,58)/t30-,31-,32+,33-,34-,35-,36-/m0/s1. The highest BCUT2D eigenvalue weighted by atomic mass is 16.6. The molecule has 1 rings (SSSR count). The normalized spacial score (nSPS) is 17.1. The third kappa shape index (κ3) is 18.7. The molecule has 1 aliphatic heterocycles. The van der Waals surface area contributed by atoms with Crippen LogP contribution in [0.1, 0.15) is 143 Å². The largest absolute Gasteiger partial charge is 0.467 e. The molecule has 66 heavy (non-hydrogen) atoms. The van der Waals surface area contributed by atoms with Gasteiger partial charge in [-0.05, 0) is 95.8 Å². The van der Waals surface area contributed by atoms with E-state index in [0.29, 0.717) is 6.42 Å². The Morgan fingerprint density at radius 3 is 1.36 bits per heavy atom. The minimum absolute atomic E-state index is 0.00730. The number of methoxy groups -OCH3 is 1. The zero-order valence-corrected chi connectivity index (χ0v) is 43.0. The summed E-state index contributed by atoms with van der Waals surface area (Å²) >= 11 is 0. The first kappa shape index (κ1) is 59.0. The van der Waals surface area contributed by atoms with Crippen LogP contribution in [-0.2, 0) is 47.8 Å². The van der Waals surface area contributed by atoms with Gasteiger partial charge in [0.1, 0.15) is 53.4 Å². The number of hydrogen-bond acceptors (Lipinski definition) is 11. The van der Waals surface area contributed by atoms with Gasteiger partial charge >= 0.3 is 12.1 Å². The van der Waals surface area contributed by atoms with Gasteiger partial charge in [0.2, 0.25) is 41.4 Å². The minimum Gasteiger partial charge on any atom is -0.467 e. The smallest absolute Gasteiger partial charge is 0.408 e. The Labute approximate surface area is 393 Å². The number of esters is 1. The fourth-order valence-corrected chi connectivity index (χ4v) is 7.33. The zero-order chi connectivity index (χ0) is 51.2. The van der Waals surface area contributed by atoms with E-state index in [-0.39, 0.29) is 43.6 Å². The van der Waals surface area contributed by atoms with Crippen LogP contribution in [0.25, 0.3) is 0 Å². The van der Waals surface area contributed by atoms with Gasteiger partial charge in [-0.2, -0.15) is 0 Å². The average molecular weight is 937 g/mol. The number of hydrogen-bond donors (Lipinski definition) is 7. The van der Waals surface area contributed by atoms with E-state index in [1.807, 2.05) is 27.7 Å². The average Bonchev–Trinajstić information content (AvgIpc) is 3.67. The molecule has 0 aromatic rings. The van der Waals surface area contributed by atoms with Crippen molar-refractivity contribution in [3.63, 3.8) is 0 Å². The van der Waals surface area contributed by atoms with Crippen LogP contribution in [0.3, 0.4) is 0 Å². The number of amides is 8. The molecule has 1 saturated heterocycles. The second-order valence-corrected chi connectivity index (χ2v) is 21.2. The number of ether oxygens (including phenoxy) is 2. The fraction of sp³-hybridized carbons (Fsp3) is 0.809. The van der Waals surface area contributed by atoms with Gasteiger partial charge in [0.05, 0.1) is 7.11 Å². The maximum atomic E-state index is 14.3. The van der Waals surface area contributed by atoms with Crippen LogP contribution >= 0.6 is 0 Å². The van der Waals surface area contributed by atoms with Crippen molar-refractivity contribution in [1.29, 1.82) is 0 Å². The summed E-state index contributed by atoms with van der Waals surface area (Å²) in [6, 6.07) is -7.27. The zero-order valence-electron chi connectivity index (χ0n) is 43.0. The lowest BCUT2D eigenvalue weighted by atomic mass is 9.97. The summed E-state index contributed by atoms with van der Waals surface area (Å²) < 4.78 is 10.2. The molecule has 0 bridgehead atoms. The van der Waals surface area contributed by atoms with Crippen molar-refractivity contribution in [2.45, 2.75) is 197 Å². The molecule has 19 nitrogen and oxygen atoms in total. The van der Waals surface area contributed by atoms with Crippen molar-refractivity contribution < 1.29 is 52.6 Å². The second-order valence-electron chi connectivity index (χ2n) is 21.2. The predicted octanol–water partition coefficient (Wildman–Crippen LogP) is 3.08. The van der Waals surface area contributed by atoms with Crippen LogP contribution in [0.5, 0.6) is 0 Å². The van der Waals surface area contributed by atoms with Crippen LogP contribution in [0.15, 0.2) is 0 Å². The lowest BCUT2D eigenvalue weighted by molar-refractivity contribution is -0.147. The molecule has 1 heterocycles. The van der Waals surface area contributed by atoms with E-state index >= 15 is 0 Å². The van der Waals surface area contributed by atoms with Crippen LogP contribution in [-0.4, -0.2) is 125 Å². The number of nitrogens with zero attached hydrogens (tertiary/aromatic N) is 1. The number of carbonyl (C=O) groups is 9. The van der Waals surface area contributed by atoms with Crippen molar-refractivity contribution in [1.82, 2.24) is 42.1 Å². The van der Waals surface area contributed by atoms with Gasteiger partial charge in [-0.15, -0.1) is 0 Å². The maximum absolute atomic E-state index is 14.3. The van der Waals surface area contributed by atoms with E-state index in [1.165, 1.54) is 25.9 Å². The van der Waals surface area contributed by atoms with Gasteiger partial charge in [-0.1, -0.05) is 83.1 Å². The number of rotatable bonds is 23. The number of carbonyl (C=O) groups excluding carboxylic acids is 9. The van der Waals surface area contributed by atoms with Crippen molar-refractivity contribution in [3.05, 3.63) is 0 Å². The van der Waals surface area contributed by atoms with E-state index in [4.69, 9.17) is 9.47 Å². The number of nitrogens with one attached hydrogen (secondary N) is 7. The van der Waals surface area contributed by atoms with Gasteiger partial charge in [0, 0.05) is 6.54 Å². The molecule has 0 aromatic heterocycles. The van der Waals surface area contributed by atoms with Gasteiger partial charge in [0.15, 0.2) is 0 Å². The molecular weight excluding hydrogens is 853 g/mol. The Morgan fingerprint density at radius 2 is 0.970 bits per heavy atom. The summed E-state index contributed by atoms with van der Waals surface area (Å²) in [7, 11) is 1.22. The second kappa shape index (κ2) is 25.8. The van der Waals surface area contributed by atoms with Gasteiger partial charge in [-0.25, -0.2) is 9.59 Å². The summed E-state index contributed by atoms with van der Waals surface area (Å²) in [5.41, 5.74) is -2.38. The predicted molar refractivity (Wildman–Crippen MR) is 250 cm³/mol. The van der Waals surface area contributed by atoms with Crippen molar-refractivity contribution >= 4 is 53.4 Å². The molecular formula is C47H84N8O11. The molecule has 0 saturated carbocycles. The Hall–Kier alpha value is -4.97. The highest BCUT2D eigenvalue weighted by Gasteiger charge is 2.43. The molecule has 0 spiro atoms. The van der Waals surface area contributed by atoms with Crippen molar-refractivity contribution in [2.75, 3.05) is 13.7 Å². The van der Waals surface area contributed by atoms with E-state index in [9.17, 15) is 43.2 Å². The van der Waals surface area contributed by atoms with Crippen molar-refractivity contribution in [3.8, 4) is 0 Å². The Bertz CT molecular complexity index is 1710. The van der Waals surface area contributed by atoms with E-state index in [0.717, 1.165) is 0 Å². The quantitative estimate of drug-likeness (QED) is 0.0733. The molecule has 0 unspecified atom stereocenters. The first-order chi connectivity index (χ1) is 30.2. The molecule has 8 amide bonds. The molecule has 7 N–H and O–H groups in total. The topological polar surface area (TPSA) is 260 Å². The molecule has 1 aliphatic rings. The monoisotopic (exact) mass is 937 g/mol. The maximum Gasteiger partial charge on any atom is 0.408 e. The third-order valence-electron chi connectivity index (χ3n) is 11.0.